The highest BCUT2D eigenvalue weighted by Crippen LogP contribution is 2.28. The van der Waals surface area contributed by atoms with Crippen LogP contribution >= 0.6 is 0 Å². The van der Waals surface area contributed by atoms with Gasteiger partial charge in [0.2, 0.25) is 0 Å². The molecule has 0 saturated carbocycles. The number of carbonyl (C=O) groups excluding carboxylic acids is 1. The van der Waals surface area contributed by atoms with Crippen molar-refractivity contribution < 1.29 is 13.2 Å². The van der Waals surface area contributed by atoms with Gasteiger partial charge in [-0.1, -0.05) is 37.3 Å². The molecule has 1 aliphatic rings. The predicted molar refractivity (Wildman–Crippen MR) is 103 cm³/mol. The maximum absolute atomic E-state index is 13.0. The van der Waals surface area contributed by atoms with Crippen molar-refractivity contribution in [3.05, 3.63) is 60.2 Å². The molecule has 0 aliphatic carbocycles. The molecule has 1 atom stereocenters. The molecular weight excluding hydrogens is 348 g/mol. The molecule has 2 aromatic carbocycles. The first-order valence-corrected chi connectivity index (χ1v) is 10.3. The molecule has 0 N–H and O–H groups in total. The Bertz CT molecular complexity index is 881. The van der Waals surface area contributed by atoms with Crippen LogP contribution in [0.1, 0.15) is 30.1 Å². The second kappa shape index (κ2) is 7.50. The molecule has 138 valence electrons. The fourth-order valence-electron chi connectivity index (χ4n) is 3.35. The van der Waals surface area contributed by atoms with Gasteiger partial charge >= 0.3 is 0 Å². The first-order chi connectivity index (χ1) is 12.4. The summed E-state index contributed by atoms with van der Waals surface area (Å²) in [5, 5.41) is 0. The van der Waals surface area contributed by atoms with Crippen LogP contribution in [0.2, 0.25) is 0 Å². The van der Waals surface area contributed by atoms with Gasteiger partial charge in [0.25, 0.3) is 15.9 Å². The number of rotatable bonds is 4. The van der Waals surface area contributed by atoms with Gasteiger partial charge in [-0.05, 0) is 43.0 Å². The number of sulfonamides is 1. The minimum atomic E-state index is -3.73. The molecule has 26 heavy (non-hydrogen) atoms. The van der Waals surface area contributed by atoms with Crippen molar-refractivity contribution >= 4 is 21.6 Å². The van der Waals surface area contributed by atoms with Gasteiger partial charge in [-0.25, -0.2) is 8.42 Å². The van der Waals surface area contributed by atoms with Crippen molar-refractivity contribution in [3.63, 3.8) is 0 Å². The Labute approximate surface area is 155 Å². The Morgan fingerprint density at radius 3 is 2.42 bits per heavy atom. The smallest absolute Gasteiger partial charge is 0.264 e. The zero-order valence-electron chi connectivity index (χ0n) is 15.1. The summed E-state index contributed by atoms with van der Waals surface area (Å²) in [7, 11) is -2.23. The van der Waals surface area contributed by atoms with E-state index in [1.165, 1.54) is 11.4 Å². The molecule has 2 aromatic rings. The van der Waals surface area contributed by atoms with Crippen molar-refractivity contribution in [2.24, 2.45) is 5.92 Å². The minimum absolute atomic E-state index is 0.109. The lowest BCUT2D eigenvalue weighted by atomic mass is 9.99. The maximum Gasteiger partial charge on any atom is 0.264 e. The van der Waals surface area contributed by atoms with E-state index in [1.54, 1.807) is 54.6 Å². The van der Waals surface area contributed by atoms with Crippen LogP contribution in [0.5, 0.6) is 0 Å². The molecule has 0 radical (unpaired) electrons. The van der Waals surface area contributed by atoms with E-state index in [9.17, 15) is 13.2 Å². The Balaban J connectivity index is 1.95. The maximum atomic E-state index is 13.0. The lowest BCUT2D eigenvalue weighted by molar-refractivity contribution is 0.0684. The highest BCUT2D eigenvalue weighted by atomic mass is 32.2. The summed E-state index contributed by atoms with van der Waals surface area (Å²) in [4.78, 5) is 15.1. The first kappa shape index (κ1) is 18.5. The molecule has 3 rings (SSSR count). The lowest BCUT2D eigenvalue weighted by Crippen LogP contribution is -2.40. The Morgan fingerprint density at radius 2 is 1.73 bits per heavy atom. The summed E-state index contributed by atoms with van der Waals surface area (Å²) in [6.07, 6.45) is 2.10. The van der Waals surface area contributed by atoms with Crippen LogP contribution in [0.25, 0.3) is 0 Å². The number of hydrogen-bond donors (Lipinski definition) is 0. The normalized spacial score (nSPS) is 17.8. The number of anilines is 1. The second-order valence-corrected chi connectivity index (χ2v) is 8.77. The Kier molecular flexibility index (Phi) is 5.32. The SMILES string of the molecule is C[C@H]1CCCN(C(=O)c2ccccc2N(C)S(=O)(=O)c2ccccc2)C1. The van der Waals surface area contributed by atoms with E-state index in [0.717, 1.165) is 12.8 Å². The van der Waals surface area contributed by atoms with Crippen molar-refractivity contribution in [2.75, 3.05) is 24.4 Å². The molecule has 0 aromatic heterocycles. The van der Waals surface area contributed by atoms with Crippen LogP contribution in [0, 0.1) is 5.92 Å². The van der Waals surface area contributed by atoms with Crippen LogP contribution < -0.4 is 4.31 Å². The van der Waals surface area contributed by atoms with E-state index in [-0.39, 0.29) is 10.8 Å². The standard InChI is InChI=1S/C20H24N2O3S/c1-16-9-8-14-22(15-16)20(23)18-12-6-7-13-19(18)21(2)26(24,25)17-10-4-3-5-11-17/h3-7,10-13,16H,8-9,14-15H2,1-2H3/t16-/m0/s1. The van der Waals surface area contributed by atoms with Crippen LogP contribution in [-0.2, 0) is 10.0 Å². The number of nitrogens with zero attached hydrogens (tertiary/aromatic N) is 2. The third-order valence-corrected chi connectivity index (χ3v) is 6.61. The van der Waals surface area contributed by atoms with Crippen LogP contribution in [-0.4, -0.2) is 39.4 Å². The number of amides is 1. The Morgan fingerprint density at radius 1 is 1.08 bits per heavy atom. The molecular formula is C20H24N2O3S. The molecule has 0 spiro atoms. The molecule has 1 saturated heterocycles. The Hall–Kier alpha value is -2.34. The van der Waals surface area contributed by atoms with Crippen LogP contribution in [0.3, 0.4) is 0 Å². The van der Waals surface area contributed by atoms with E-state index in [0.29, 0.717) is 30.3 Å². The number of carbonyl (C=O) groups is 1. The quantitative estimate of drug-likeness (QED) is 0.827. The average molecular weight is 372 g/mol. The summed E-state index contributed by atoms with van der Waals surface area (Å²) in [6.45, 7) is 3.56. The summed E-state index contributed by atoms with van der Waals surface area (Å²) < 4.78 is 27.1. The zero-order chi connectivity index (χ0) is 18.7. The predicted octanol–water partition coefficient (Wildman–Crippen LogP) is 3.38. The molecule has 6 heteroatoms. The van der Waals surface area contributed by atoms with Gasteiger partial charge in [0, 0.05) is 20.1 Å². The van der Waals surface area contributed by atoms with Crippen molar-refractivity contribution in [1.29, 1.82) is 0 Å². The van der Waals surface area contributed by atoms with E-state index in [1.807, 2.05) is 4.90 Å². The molecule has 0 bridgehead atoms. The molecule has 1 amide bonds. The molecule has 0 unspecified atom stereocenters. The summed E-state index contributed by atoms with van der Waals surface area (Å²) in [5.41, 5.74) is 0.822. The number of likely N-dealkylation sites (tertiary alicyclic amines) is 1. The van der Waals surface area contributed by atoms with Crippen LogP contribution in [0.4, 0.5) is 5.69 Å². The van der Waals surface area contributed by atoms with Crippen molar-refractivity contribution in [2.45, 2.75) is 24.7 Å². The topological polar surface area (TPSA) is 57.7 Å². The molecule has 1 fully saturated rings. The average Bonchev–Trinajstić information content (AvgIpc) is 2.67. The fourth-order valence-corrected chi connectivity index (χ4v) is 4.59. The van der Waals surface area contributed by atoms with Gasteiger partial charge in [-0.3, -0.25) is 9.10 Å². The fraction of sp³-hybridized carbons (Fsp3) is 0.350. The zero-order valence-corrected chi connectivity index (χ0v) is 15.9. The monoisotopic (exact) mass is 372 g/mol. The summed E-state index contributed by atoms with van der Waals surface area (Å²) in [6, 6.07) is 15.2. The largest absolute Gasteiger partial charge is 0.338 e. The lowest BCUT2D eigenvalue weighted by Gasteiger charge is -2.32. The molecule has 1 aliphatic heterocycles. The number of benzene rings is 2. The van der Waals surface area contributed by atoms with Gasteiger partial charge in [0.05, 0.1) is 16.1 Å². The molecule has 5 nitrogen and oxygen atoms in total. The third-order valence-electron chi connectivity index (χ3n) is 4.82. The van der Waals surface area contributed by atoms with Crippen molar-refractivity contribution in [1.82, 2.24) is 4.90 Å². The van der Waals surface area contributed by atoms with Gasteiger partial charge in [0.15, 0.2) is 0 Å². The van der Waals surface area contributed by atoms with E-state index in [4.69, 9.17) is 0 Å². The van der Waals surface area contributed by atoms with E-state index in [2.05, 4.69) is 6.92 Å². The van der Waals surface area contributed by atoms with E-state index < -0.39 is 10.0 Å². The van der Waals surface area contributed by atoms with Crippen LogP contribution in [0.15, 0.2) is 59.5 Å². The van der Waals surface area contributed by atoms with Gasteiger partial charge < -0.3 is 4.90 Å². The second-order valence-electron chi connectivity index (χ2n) is 6.80. The number of hydrogen-bond acceptors (Lipinski definition) is 3. The first-order valence-electron chi connectivity index (χ1n) is 8.83. The minimum Gasteiger partial charge on any atom is -0.338 e. The number of para-hydroxylation sites is 1. The number of piperidine rings is 1. The molecule has 1 heterocycles. The van der Waals surface area contributed by atoms with Gasteiger partial charge in [-0.15, -0.1) is 0 Å². The summed E-state index contributed by atoms with van der Waals surface area (Å²) in [5.74, 6) is 0.355. The van der Waals surface area contributed by atoms with Gasteiger partial charge in [0.1, 0.15) is 0 Å². The highest BCUT2D eigenvalue weighted by molar-refractivity contribution is 7.92. The van der Waals surface area contributed by atoms with Crippen molar-refractivity contribution in [3.8, 4) is 0 Å². The van der Waals surface area contributed by atoms with Gasteiger partial charge in [-0.2, -0.15) is 0 Å². The van der Waals surface area contributed by atoms with E-state index >= 15 is 0 Å². The highest BCUT2D eigenvalue weighted by Gasteiger charge is 2.28. The third kappa shape index (κ3) is 3.60. The summed E-state index contributed by atoms with van der Waals surface area (Å²) >= 11 is 0.